The lowest BCUT2D eigenvalue weighted by Crippen LogP contribution is -2.57. The highest BCUT2D eigenvalue weighted by molar-refractivity contribution is 6.34. The summed E-state index contributed by atoms with van der Waals surface area (Å²) in [5.41, 5.74) is -0.208. The molecule has 0 atom stereocenters. The van der Waals surface area contributed by atoms with Crippen molar-refractivity contribution >= 4 is 29.4 Å². The summed E-state index contributed by atoms with van der Waals surface area (Å²) in [5.74, 6) is -0.0557. The summed E-state index contributed by atoms with van der Waals surface area (Å²) < 4.78 is 1.68. The van der Waals surface area contributed by atoms with Crippen molar-refractivity contribution in [2.24, 2.45) is 0 Å². The number of aromatic nitrogens is 4. The van der Waals surface area contributed by atoms with Gasteiger partial charge in [0.1, 0.15) is 5.02 Å². The molecule has 2 N–H and O–H groups in total. The van der Waals surface area contributed by atoms with E-state index in [1.807, 2.05) is 48.5 Å². The van der Waals surface area contributed by atoms with E-state index in [9.17, 15) is 9.59 Å². The monoisotopic (exact) mass is 353 g/mol. The van der Waals surface area contributed by atoms with Crippen molar-refractivity contribution in [1.29, 1.82) is 0 Å². The van der Waals surface area contributed by atoms with E-state index in [1.54, 1.807) is 4.52 Å². The van der Waals surface area contributed by atoms with E-state index in [0.717, 1.165) is 5.69 Å². The van der Waals surface area contributed by atoms with Crippen LogP contribution in [0.4, 0.5) is 0 Å². The molecule has 0 aromatic carbocycles. The first-order valence-electron chi connectivity index (χ1n) is 7.74. The van der Waals surface area contributed by atoms with Crippen molar-refractivity contribution in [3.8, 4) is 0 Å². The predicted octanol–water partition coefficient (Wildman–Crippen LogP) is 2.38. The number of aldehydes is 1. The summed E-state index contributed by atoms with van der Waals surface area (Å²) in [5, 5.41) is 15.2. The lowest BCUT2D eigenvalue weighted by atomic mass is 9.73. The highest BCUT2D eigenvalue weighted by atomic mass is 35.5. The van der Waals surface area contributed by atoms with Crippen LogP contribution in [0.2, 0.25) is 5.02 Å². The molecule has 24 heavy (non-hydrogen) atoms. The number of carbonyl (C=O) groups excluding carboxylic acids is 2. The minimum Gasteiger partial charge on any atom is -0.344 e. The lowest BCUT2D eigenvalue weighted by Gasteiger charge is -2.40. The van der Waals surface area contributed by atoms with E-state index in [2.05, 4.69) is 20.6 Å². The number of nitrogens with zero attached hydrogens (tertiary/aromatic N) is 3. The van der Waals surface area contributed by atoms with Crippen LogP contribution in [0, 0.1) is 0 Å². The Morgan fingerprint density at radius 3 is 2.29 bits per heavy atom. The Balaban J connectivity index is 2.59. The molecule has 0 saturated heterocycles. The molecule has 0 spiro atoms. The fourth-order valence-corrected chi connectivity index (χ4v) is 2.90. The van der Waals surface area contributed by atoms with Gasteiger partial charge in [-0.25, -0.2) is 0 Å². The molecule has 0 bridgehead atoms. The summed E-state index contributed by atoms with van der Waals surface area (Å²) in [6, 6.07) is 0. The fraction of sp³-hybridized carbons (Fsp3) is 0.625. The average molecular weight is 354 g/mol. The van der Waals surface area contributed by atoms with Gasteiger partial charge in [0.05, 0.1) is 5.69 Å². The second-order valence-electron chi connectivity index (χ2n) is 8.08. The number of H-pyrrole nitrogens is 1. The van der Waals surface area contributed by atoms with Crippen molar-refractivity contribution in [2.75, 3.05) is 0 Å². The number of amides is 1. The van der Waals surface area contributed by atoms with Crippen molar-refractivity contribution in [1.82, 2.24) is 25.1 Å². The van der Waals surface area contributed by atoms with Crippen LogP contribution < -0.4 is 5.32 Å². The van der Waals surface area contributed by atoms with Crippen LogP contribution in [0.3, 0.4) is 0 Å². The SMILES string of the molecule is CC(C)(C)c1nn2c(C(C)(C)C(C)(C)NC(=O)C=O)n[nH]c2c1Cl. The normalized spacial score (nSPS) is 13.3. The first-order chi connectivity index (χ1) is 10.8. The Hall–Kier alpha value is -1.89. The van der Waals surface area contributed by atoms with Gasteiger partial charge in [-0.05, 0) is 13.8 Å². The van der Waals surface area contributed by atoms with Crippen molar-refractivity contribution < 1.29 is 9.59 Å². The molecule has 2 rings (SSSR count). The molecule has 7 nitrogen and oxygen atoms in total. The zero-order valence-electron chi connectivity index (χ0n) is 15.1. The van der Waals surface area contributed by atoms with Gasteiger partial charge in [0.25, 0.3) is 5.91 Å². The second kappa shape index (κ2) is 5.58. The first kappa shape index (κ1) is 18.4. The Morgan fingerprint density at radius 2 is 1.79 bits per heavy atom. The zero-order valence-corrected chi connectivity index (χ0v) is 15.9. The molecular weight excluding hydrogens is 330 g/mol. The molecule has 0 aliphatic carbocycles. The van der Waals surface area contributed by atoms with Gasteiger partial charge in [0.2, 0.25) is 6.29 Å². The maximum absolute atomic E-state index is 11.5. The molecule has 2 aromatic heterocycles. The van der Waals surface area contributed by atoms with Crippen LogP contribution in [0.1, 0.15) is 60.0 Å². The predicted molar refractivity (Wildman–Crippen MR) is 92.4 cm³/mol. The molecule has 2 aromatic rings. The fourth-order valence-electron chi connectivity index (χ4n) is 2.46. The summed E-state index contributed by atoms with van der Waals surface area (Å²) in [6.45, 7) is 13.6. The third-order valence-corrected chi connectivity index (χ3v) is 5.03. The van der Waals surface area contributed by atoms with Gasteiger partial charge < -0.3 is 5.32 Å². The molecule has 0 aliphatic rings. The number of halogens is 1. The van der Waals surface area contributed by atoms with Crippen LogP contribution in [0.5, 0.6) is 0 Å². The number of nitrogens with one attached hydrogen (secondary N) is 2. The highest BCUT2D eigenvalue weighted by Gasteiger charge is 2.44. The summed E-state index contributed by atoms with van der Waals surface area (Å²) >= 11 is 6.46. The standard InChI is InChI=1S/C16H24ClN5O2/c1-14(2,3)11-10(17)12-19-20-13(22(12)21-11)15(4,5)16(6,7)18-9(24)8-23/h8,19H,1-7H3,(H,18,24). The van der Waals surface area contributed by atoms with E-state index in [1.165, 1.54) is 0 Å². The molecule has 1 amide bonds. The van der Waals surface area contributed by atoms with Crippen molar-refractivity contribution in [3.63, 3.8) is 0 Å². The van der Waals surface area contributed by atoms with Crippen LogP contribution >= 0.6 is 11.6 Å². The van der Waals surface area contributed by atoms with Crippen LogP contribution in [-0.2, 0) is 20.4 Å². The van der Waals surface area contributed by atoms with Crippen LogP contribution in [-0.4, -0.2) is 37.5 Å². The van der Waals surface area contributed by atoms with Gasteiger partial charge >= 0.3 is 0 Å². The molecular formula is C16H24ClN5O2. The molecule has 132 valence electrons. The third kappa shape index (κ3) is 2.81. The van der Waals surface area contributed by atoms with Gasteiger partial charge in [-0.3, -0.25) is 14.7 Å². The largest absolute Gasteiger partial charge is 0.344 e. The molecule has 0 aliphatic heterocycles. The third-order valence-electron chi connectivity index (χ3n) is 4.67. The summed E-state index contributed by atoms with van der Waals surface area (Å²) in [4.78, 5) is 22.2. The second-order valence-corrected chi connectivity index (χ2v) is 8.46. The van der Waals surface area contributed by atoms with Crippen molar-refractivity contribution in [3.05, 3.63) is 16.5 Å². The first-order valence-corrected chi connectivity index (χ1v) is 8.11. The number of hydrogen-bond acceptors (Lipinski definition) is 4. The maximum atomic E-state index is 11.5. The Kier molecular flexibility index (Phi) is 4.29. The van der Waals surface area contributed by atoms with E-state index in [0.29, 0.717) is 16.5 Å². The summed E-state index contributed by atoms with van der Waals surface area (Å²) in [7, 11) is 0. The van der Waals surface area contributed by atoms with Gasteiger partial charge in [-0.2, -0.15) is 14.7 Å². The molecule has 8 heteroatoms. The molecule has 0 saturated carbocycles. The summed E-state index contributed by atoms with van der Waals surface area (Å²) in [6.07, 6.45) is 0.264. The van der Waals surface area contributed by atoms with Crippen LogP contribution in [0.25, 0.3) is 5.65 Å². The quantitative estimate of drug-likeness (QED) is 0.652. The molecule has 0 radical (unpaired) electrons. The highest BCUT2D eigenvalue weighted by Crippen LogP contribution is 2.37. The number of carbonyl (C=O) groups is 2. The average Bonchev–Trinajstić information content (AvgIpc) is 2.98. The maximum Gasteiger partial charge on any atom is 0.284 e. The van der Waals surface area contributed by atoms with Gasteiger partial charge in [-0.15, -0.1) is 0 Å². The molecule has 0 unspecified atom stereocenters. The van der Waals surface area contributed by atoms with Gasteiger partial charge in [0.15, 0.2) is 11.5 Å². The van der Waals surface area contributed by atoms with E-state index < -0.39 is 16.9 Å². The lowest BCUT2D eigenvalue weighted by molar-refractivity contribution is -0.133. The minimum absolute atomic E-state index is 0.216. The van der Waals surface area contributed by atoms with Crippen LogP contribution in [0.15, 0.2) is 0 Å². The zero-order chi connectivity index (χ0) is 18.5. The number of aromatic amines is 1. The van der Waals surface area contributed by atoms with Gasteiger partial charge in [0, 0.05) is 16.4 Å². The Morgan fingerprint density at radius 1 is 1.21 bits per heavy atom. The number of fused-ring (bicyclic) bond motifs is 1. The topological polar surface area (TPSA) is 92.2 Å². The van der Waals surface area contributed by atoms with E-state index in [-0.39, 0.29) is 11.7 Å². The van der Waals surface area contributed by atoms with Gasteiger partial charge in [-0.1, -0.05) is 46.2 Å². The Bertz CT molecular complexity index is 795. The number of hydrogen-bond donors (Lipinski definition) is 2. The molecule has 2 heterocycles. The number of rotatable bonds is 4. The smallest absolute Gasteiger partial charge is 0.284 e. The van der Waals surface area contributed by atoms with E-state index in [4.69, 9.17) is 11.6 Å². The minimum atomic E-state index is -0.743. The Labute approximate surface area is 146 Å². The van der Waals surface area contributed by atoms with E-state index >= 15 is 0 Å². The molecule has 0 fully saturated rings. The van der Waals surface area contributed by atoms with Crippen molar-refractivity contribution in [2.45, 2.75) is 64.8 Å².